The minimum absolute atomic E-state index is 0.0687. The van der Waals surface area contributed by atoms with Crippen LogP contribution in [0.3, 0.4) is 0 Å². The number of hydrogen-bond acceptors (Lipinski definition) is 6. The van der Waals surface area contributed by atoms with Gasteiger partial charge in [0.2, 0.25) is 11.8 Å². The van der Waals surface area contributed by atoms with Crippen LogP contribution in [0.4, 0.5) is 4.79 Å². The second-order valence-electron chi connectivity index (χ2n) is 13.5. The quantitative estimate of drug-likeness (QED) is 0.247. The van der Waals surface area contributed by atoms with Crippen molar-refractivity contribution >= 4 is 17.9 Å². The van der Waals surface area contributed by atoms with E-state index in [0.29, 0.717) is 32.0 Å². The van der Waals surface area contributed by atoms with Crippen molar-refractivity contribution in [1.29, 1.82) is 0 Å². The van der Waals surface area contributed by atoms with E-state index in [4.69, 9.17) is 4.74 Å². The molecular weight excluding hydrogens is 568 g/mol. The Morgan fingerprint density at radius 2 is 1.47 bits per heavy atom. The fourth-order valence-corrected chi connectivity index (χ4v) is 5.82. The molecule has 1 saturated heterocycles. The number of rotatable bonds is 14. The minimum Gasteiger partial charge on any atom is -0.444 e. The van der Waals surface area contributed by atoms with Crippen LogP contribution in [0.15, 0.2) is 60.7 Å². The fourth-order valence-electron chi connectivity index (χ4n) is 5.82. The Morgan fingerprint density at radius 3 is 1.98 bits per heavy atom. The highest BCUT2D eigenvalue weighted by Crippen LogP contribution is 2.21. The van der Waals surface area contributed by atoms with Crippen LogP contribution in [-0.2, 0) is 27.2 Å². The van der Waals surface area contributed by atoms with Gasteiger partial charge in [-0.15, -0.1) is 0 Å². The topological polar surface area (TPSA) is 120 Å². The number of aliphatic hydroxyl groups is 1. The van der Waals surface area contributed by atoms with Crippen molar-refractivity contribution in [3.05, 3.63) is 71.8 Å². The molecule has 248 valence electrons. The Kier molecular flexibility index (Phi) is 13.9. The van der Waals surface area contributed by atoms with Crippen LogP contribution in [0.2, 0.25) is 0 Å². The molecule has 9 heteroatoms. The summed E-state index contributed by atoms with van der Waals surface area (Å²) < 4.78 is 5.50. The van der Waals surface area contributed by atoms with Crippen LogP contribution in [0, 0.1) is 11.8 Å². The molecule has 1 aliphatic heterocycles. The number of ether oxygens (including phenoxy) is 1. The van der Waals surface area contributed by atoms with Crippen molar-refractivity contribution in [2.75, 3.05) is 19.6 Å². The Hall–Kier alpha value is -3.43. The lowest BCUT2D eigenvalue weighted by Gasteiger charge is -2.36. The van der Waals surface area contributed by atoms with Crippen LogP contribution in [0.5, 0.6) is 0 Å². The van der Waals surface area contributed by atoms with E-state index in [1.807, 2.05) is 79.4 Å². The summed E-state index contributed by atoms with van der Waals surface area (Å²) in [6.07, 6.45) is 0.896. The largest absolute Gasteiger partial charge is 0.444 e. The van der Waals surface area contributed by atoms with Gasteiger partial charge >= 0.3 is 6.09 Å². The van der Waals surface area contributed by atoms with Gasteiger partial charge in [0.05, 0.1) is 12.1 Å². The predicted octanol–water partition coefficient (Wildman–Crippen LogP) is 4.47. The highest BCUT2D eigenvalue weighted by Gasteiger charge is 2.35. The maximum absolute atomic E-state index is 14.0. The number of amides is 3. The summed E-state index contributed by atoms with van der Waals surface area (Å²) in [5.74, 6) is -1.12. The molecule has 0 aliphatic carbocycles. The lowest BCUT2D eigenvalue weighted by Crippen LogP contribution is -2.55. The number of nitrogens with one attached hydrogen (secondary N) is 3. The van der Waals surface area contributed by atoms with Crippen LogP contribution in [0.1, 0.15) is 71.9 Å². The van der Waals surface area contributed by atoms with Gasteiger partial charge in [-0.05, 0) is 76.5 Å². The third-order valence-corrected chi connectivity index (χ3v) is 8.22. The summed E-state index contributed by atoms with van der Waals surface area (Å²) in [5.41, 5.74) is 1.18. The Bertz CT molecular complexity index is 1190. The molecule has 0 bridgehead atoms. The van der Waals surface area contributed by atoms with Gasteiger partial charge in [-0.3, -0.25) is 9.59 Å². The van der Waals surface area contributed by atoms with Crippen molar-refractivity contribution in [3.63, 3.8) is 0 Å². The molecule has 3 rings (SSSR count). The first kappa shape index (κ1) is 36.0. The third-order valence-electron chi connectivity index (χ3n) is 8.22. The van der Waals surface area contributed by atoms with Crippen molar-refractivity contribution in [1.82, 2.24) is 20.9 Å². The normalized spacial score (nSPS) is 16.8. The molecule has 0 saturated carbocycles. The summed E-state index contributed by atoms with van der Waals surface area (Å²) in [7, 11) is 0. The van der Waals surface area contributed by atoms with E-state index < -0.39 is 35.8 Å². The zero-order valence-corrected chi connectivity index (χ0v) is 27.9. The summed E-state index contributed by atoms with van der Waals surface area (Å²) in [6, 6.07) is 18.3. The van der Waals surface area contributed by atoms with Crippen molar-refractivity contribution in [3.8, 4) is 0 Å². The summed E-state index contributed by atoms with van der Waals surface area (Å²) >= 11 is 0. The molecule has 2 aromatic carbocycles. The number of nitrogens with zero attached hydrogens (tertiary/aromatic N) is 1. The van der Waals surface area contributed by atoms with Crippen molar-refractivity contribution < 1.29 is 24.2 Å². The number of piperidine rings is 1. The molecule has 0 radical (unpaired) electrons. The average molecular weight is 623 g/mol. The molecule has 0 spiro atoms. The minimum atomic E-state index is -1.06. The standard InChI is InChI=1S/C36H54N4O5/c1-7-37-29-18-20-40(21-19-29)34(43)32(25(2)3)39-33(42)28(22-26-14-10-8-11-15-26)24-31(41)30(23-27-16-12-9-13-17-27)38-35(44)45-36(4,5)6/h8-17,25,28-32,37,41H,7,18-24H2,1-6H3,(H,38,44)(H,39,42)/t28?,30?,31?,32-/m0/s1. The molecule has 2 aromatic rings. The van der Waals surface area contributed by atoms with Gasteiger partial charge < -0.3 is 30.7 Å². The zero-order chi connectivity index (χ0) is 33.0. The van der Waals surface area contributed by atoms with E-state index in [0.717, 1.165) is 30.5 Å². The maximum atomic E-state index is 14.0. The second kappa shape index (κ2) is 17.3. The molecule has 4 N–H and O–H groups in total. The molecular formula is C36H54N4O5. The average Bonchev–Trinajstić information content (AvgIpc) is 2.99. The van der Waals surface area contributed by atoms with Crippen LogP contribution in [0.25, 0.3) is 0 Å². The number of benzene rings is 2. The van der Waals surface area contributed by atoms with Gasteiger partial charge in [-0.1, -0.05) is 81.4 Å². The molecule has 1 aliphatic rings. The molecule has 9 nitrogen and oxygen atoms in total. The van der Waals surface area contributed by atoms with Gasteiger partial charge in [0.1, 0.15) is 11.6 Å². The highest BCUT2D eigenvalue weighted by molar-refractivity contribution is 5.89. The predicted molar refractivity (Wildman–Crippen MR) is 178 cm³/mol. The fraction of sp³-hybridized carbons (Fsp3) is 0.583. The number of alkyl carbamates (subject to hydrolysis) is 1. The number of likely N-dealkylation sites (tertiary alicyclic amines) is 1. The summed E-state index contributed by atoms with van der Waals surface area (Å²) in [5, 5.41) is 21.0. The third kappa shape index (κ3) is 12.1. The van der Waals surface area contributed by atoms with Gasteiger partial charge in [0, 0.05) is 25.0 Å². The molecule has 3 unspecified atom stereocenters. The Balaban J connectivity index is 1.80. The SMILES string of the molecule is CCNC1CCN(C(=O)[C@@H](NC(=O)C(Cc2ccccc2)CC(O)C(Cc2ccccc2)NC(=O)OC(C)(C)C)C(C)C)CC1. The first-order chi connectivity index (χ1) is 21.4. The molecule has 45 heavy (non-hydrogen) atoms. The molecule has 4 atom stereocenters. The number of carbonyl (C=O) groups excluding carboxylic acids is 3. The smallest absolute Gasteiger partial charge is 0.407 e. The molecule has 0 aromatic heterocycles. The lowest BCUT2D eigenvalue weighted by atomic mass is 9.88. The first-order valence-corrected chi connectivity index (χ1v) is 16.4. The van der Waals surface area contributed by atoms with E-state index in [1.54, 1.807) is 20.8 Å². The molecule has 1 fully saturated rings. The summed E-state index contributed by atoms with van der Waals surface area (Å²) in [4.78, 5) is 42.3. The zero-order valence-electron chi connectivity index (χ0n) is 27.9. The first-order valence-electron chi connectivity index (χ1n) is 16.4. The summed E-state index contributed by atoms with van der Waals surface area (Å²) in [6.45, 7) is 13.5. The monoisotopic (exact) mass is 622 g/mol. The van der Waals surface area contributed by atoms with E-state index >= 15 is 0 Å². The van der Waals surface area contributed by atoms with Gasteiger partial charge in [-0.2, -0.15) is 0 Å². The number of hydrogen-bond donors (Lipinski definition) is 4. The van der Waals surface area contributed by atoms with E-state index in [1.165, 1.54) is 0 Å². The van der Waals surface area contributed by atoms with Crippen LogP contribution in [-0.4, -0.2) is 77.4 Å². The van der Waals surface area contributed by atoms with Crippen molar-refractivity contribution in [2.24, 2.45) is 11.8 Å². The van der Waals surface area contributed by atoms with Gasteiger partial charge in [0.25, 0.3) is 0 Å². The Labute approximate surface area is 269 Å². The lowest BCUT2D eigenvalue weighted by molar-refractivity contribution is -0.139. The van der Waals surface area contributed by atoms with Crippen LogP contribution < -0.4 is 16.0 Å². The van der Waals surface area contributed by atoms with E-state index in [9.17, 15) is 19.5 Å². The molecule has 1 heterocycles. The molecule has 3 amide bonds. The Morgan fingerprint density at radius 1 is 0.911 bits per heavy atom. The van der Waals surface area contributed by atoms with Gasteiger partial charge in [-0.25, -0.2) is 4.79 Å². The second-order valence-corrected chi connectivity index (χ2v) is 13.5. The van der Waals surface area contributed by atoms with Crippen LogP contribution >= 0.6 is 0 Å². The number of carbonyl (C=O) groups is 3. The maximum Gasteiger partial charge on any atom is 0.407 e. The van der Waals surface area contributed by atoms with Crippen molar-refractivity contribution in [2.45, 2.75) is 103 Å². The van der Waals surface area contributed by atoms with E-state index in [-0.39, 0.29) is 24.2 Å². The van der Waals surface area contributed by atoms with E-state index in [2.05, 4.69) is 22.9 Å². The highest BCUT2D eigenvalue weighted by atomic mass is 16.6. The number of aliphatic hydroxyl groups excluding tert-OH is 1. The van der Waals surface area contributed by atoms with Gasteiger partial charge in [0.15, 0.2) is 0 Å².